The number of nitro benzene ring substituents is 1. The van der Waals surface area contributed by atoms with Gasteiger partial charge in [0.05, 0.1) is 16.5 Å². The first kappa shape index (κ1) is 11.7. The highest BCUT2D eigenvalue weighted by atomic mass is 35.5. The van der Waals surface area contributed by atoms with E-state index in [1.807, 2.05) is 0 Å². The molecule has 15 heavy (non-hydrogen) atoms. The minimum absolute atomic E-state index is 0.0587. The van der Waals surface area contributed by atoms with E-state index >= 15 is 0 Å². The van der Waals surface area contributed by atoms with Crippen LogP contribution in [-0.4, -0.2) is 16.6 Å². The maximum atomic E-state index is 10.5. The van der Waals surface area contributed by atoms with E-state index < -0.39 is 4.92 Å². The molecule has 0 aliphatic rings. The zero-order valence-corrected chi connectivity index (χ0v) is 9.00. The van der Waals surface area contributed by atoms with Crippen molar-refractivity contribution in [3.63, 3.8) is 0 Å². The molecule has 0 radical (unpaired) electrons. The van der Waals surface area contributed by atoms with E-state index in [-0.39, 0.29) is 22.4 Å². The number of hydrogen-bond acceptors (Lipinski definition) is 3. The molecule has 0 atom stereocenters. The Hall–Kier alpha value is -1.33. The predicted molar refractivity (Wildman–Crippen MR) is 60.1 cm³/mol. The molecule has 7 heteroatoms. The van der Waals surface area contributed by atoms with Gasteiger partial charge >= 0.3 is 0 Å². The SMILES string of the molecule is NC(CCl)=Nc1ccc(Cl)c([N+](=O)[O-])c1. The average molecular weight is 248 g/mol. The third-order valence-electron chi connectivity index (χ3n) is 1.54. The normalized spacial score (nSPS) is 11.5. The van der Waals surface area contributed by atoms with Crippen molar-refractivity contribution in [3.05, 3.63) is 33.3 Å². The van der Waals surface area contributed by atoms with E-state index in [1.54, 1.807) is 0 Å². The van der Waals surface area contributed by atoms with Gasteiger partial charge in [0, 0.05) is 6.07 Å². The second-order valence-electron chi connectivity index (χ2n) is 2.63. The first-order valence-corrected chi connectivity index (χ1v) is 4.78. The van der Waals surface area contributed by atoms with E-state index in [9.17, 15) is 10.1 Å². The standard InChI is InChI=1S/C8H7Cl2N3O2/c9-4-8(11)12-5-1-2-6(10)7(3-5)13(14)15/h1-3H,4H2,(H2,11,12). The molecule has 1 aromatic carbocycles. The van der Waals surface area contributed by atoms with Gasteiger partial charge in [0.15, 0.2) is 0 Å². The number of rotatable bonds is 3. The molecule has 0 heterocycles. The second-order valence-corrected chi connectivity index (χ2v) is 3.30. The third-order valence-corrected chi connectivity index (χ3v) is 2.13. The van der Waals surface area contributed by atoms with E-state index in [0.29, 0.717) is 5.69 Å². The molecule has 0 amide bonds. The lowest BCUT2D eigenvalue weighted by Gasteiger charge is -1.98. The number of halogens is 2. The highest BCUT2D eigenvalue weighted by Gasteiger charge is 2.12. The van der Waals surface area contributed by atoms with Gasteiger partial charge < -0.3 is 5.73 Å². The summed E-state index contributed by atoms with van der Waals surface area (Å²) in [6, 6.07) is 4.15. The lowest BCUT2D eigenvalue weighted by Crippen LogP contribution is -2.12. The topological polar surface area (TPSA) is 81.5 Å². The van der Waals surface area contributed by atoms with E-state index in [4.69, 9.17) is 28.9 Å². The number of alkyl halides is 1. The monoisotopic (exact) mass is 247 g/mol. The molecule has 0 bridgehead atoms. The van der Waals surface area contributed by atoms with Crippen molar-refractivity contribution in [1.82, 2.24) is 0 Å². The fourth-order valence-electron chi connectivity index (χ4n) is 0.906. The molecule has 0 aliphatic heterocycles. The molecule has 1 aromatic rings. The van der Waals surface area contributed by atoms with E-state index in [2.05, 4.69) is 4.99 Å². The van der Waals surface area contributed by atoms with Gasteiger partial charge in [-0.1, -0.05) is 11.6 Å². The molecule has 80 valence electrons. The molecule has 0 saturated heterocycles. The lowest BCUT2D eigenvalue weighted by molar-refractivity contribution is -0.384. The zero-order chi connectivity index (χ0) is 11.4. The molecule has 1 rings (SSSR count). The fourth-order valence-corrected chi connectivity index (χ4v) is 1.15. The minimum Gasteiger partial charge on any atom is -0.386 e. The molecule has 0 fully saturated rings. The Morgan fingerprint density at radius 3 is 2.80 bits per heavy atom. The smallest absolute Gasteiger partial charge is 0.290 e. The number of benzene rings is 1. The quantitative estimate of drug-likeness (QED) is 0.293. The fraction of sp³-hybridized carbons (Fsp3) is 0.125. The van der Waals surface area contributed by atoms with Gasteiger partial charge in [-0.25, -0.2) is 4.99 Å². The third kappa shape index (κ3) is 3.07. The lowest BCUT2D eigenvalue weighted by atomic mass is 10.3. The molecular weight excluding hydrogens is 241 g/mol. The largest absolute Gasteiger partial charge is 0.386 e. The molecular formula is C8H7Cl2N3O2. The van der Waals surface area contributed by atoms with Crippen molar-refractivity contribution in [1.29, 1.82) is 0 Å². The Labute approximate surface area is 95.7 Å². The van der Waals surface area contributed by atoms with Crippen LogP contribution in [0.1, 0.15) is 0 Å². The molecule has 5 nitrogen and oxygen atoms in total. The Balaban J connectivity index is 3.13. The summed E-state index contributed by atoms with van der Waals surface area (Å²) in [6.45, 7) is 0. The molecule has 0 unspecified atom stereocenters. The van der Waals surface area contributed by atoms with Crippen molar-refractivity contribution in [2.75, 3.05) is 5.88 Å². The van der Waals surface area contributed by atoms with Gasteiger partial charge in [0.2, 0.25) is 0 Å². The van der Waals surface area contributed by atoms with Crippen LogP contribution >= 0.6 is 23.2 Å². The van der Waals surface area contributed by atoms with Crippen LogP contribution in [0.3, 0.4) is 0 Å². The highest BCUT2D eigenvalue weighted by Crippen LogP contribution is 2.28. The van der Waals surface area contributed by atoms with Crippen LogP contribution in [0.25, 0.3) is 0 Å². The van der Waals surface area contributed by atoms with Crippen LogP contribution in [0.4, 0.5) is 11.4 Å². The van der Waals surface area contributed by atoms with E-state index in [0.717, 1.165) is 0 Å². The van der Waals surface area contributed by atoms with Crippen molar-refractivity contribution in [2.24, 2.45) is 10.7 Å². The van der Waals surface area contributed by atoms with Gasteiger partial charge in [-0.15, -0.1) is 11.6 Å². The molecule has 0 aromatic heterocycles. The number of nitrogens with two attached hydrogens (primary N) is 1. The van der Waals surface area contributed by atoms with Gasteiger partial charge in [0.1, 0.15) is 10.9 Å². The maximum Gasteiger partial charge on any atom is 0.290 e. The summed E-state index contributed by atoms with van der Waals surface area (Å²) in [6.07, 6.45) is 0. The van der Waals surface area contributed by atoms with Crippen LogP contribution in [0, 0.1) is 10.1 Å². The van der Waals surface area contributed by atoms with Crippen LogP contribution in [0.5, 0.6) is 0 Å². The van der Waals surface area contributed by atoms with Crippen molar-refractivity contribution >= 4 is 40.4 Å². The summed E-state index contributed by atoms with van der Waals surface area (Å²) in [5, 5.41) is 10.6. The Kier molecular flexibility index (Phi) is 3.88. The first-order chi connectivity index (χ1) is 7.04. The van der Waals surface area contributed by atoms with Crippen LogP contribution < -0.4 is 5.73 Å². The van der Waals surface area contributed by atoms with Crippen LogP contribution in [0.15, 0.2) is 23.2 Å². The summed E-state index contributed by atoms with van der Waals surface area (Å²) < 4.78 is 0. The summed E-state index contributed by atoms with van der Waals surface area (Å²) in [5.41, 5.74) is 5.53. The molecule has 0 aliphatic carbocycles. The molecule has 0 saturated carbocycles. The average Bonchev–Trinajstić information content (AvgIpc) is 2.20. The number of amidine groups is 1. The summed E-state index contributed by atoms with van der Waals surface area (Å²) in [4.78, 5) is 13.8. The Bertz CT molecular complexity index is 420. The summed E-state index contributed by atoms with van der Waals surface area (Å²) in [5.74, 6) is 0.254. The van der Waals surface area contributed by atoms with Crippen molar-refractivity contribution < 1.29 is 4.92 Å². The number of nitrogens with zero attached hydrogens (tertiary/aromatic N) is 2. The number of nitro groups is 1. The van der Waals surface area contributed by atoms with Gasteiger partial charge in [-0.3, -0.25) is 10.1 Å². The molecule has 0 spiro atoms. The minimum atomic E-state index is -0.585. The maximum absolute atomic E-state index is 10.5. The zero-order valence-electron chi connectivity index (χ0n) is 7.48. The van der Waals surface area contributed by atoms with E-state index in [1.165, 1.54) is 18.2 Å². The van der Waals surface area contributed by atoms with Gasteiger partial charge in [0.25, 0.3) is 5.69 Å². The van der Waals surface area contributed by atoms with Crippen LogP contribution in [0.2, 0.25) is 5.02 Å². The first-order valence-electron chi connectivity index (χ1n) is 3.87. The summed E-state index contributed by atoms with van der Waals surface area (Å²) in [7, 11) is 0. The second kappa shape index (κ2) is 4.95. The molecule has 2 N–H and O–H groups in total. The predicted octanol–water partition coefficient (Wildman–Crippen LogP) is 2.48. The van der Waals surface area contributed by atoms with Crippen molar-refractivity contribution in [3.8, 4) is 0 Å². The Morgan fingerprint density at radius 2 is 2.27 bits per heavy atom. The van der Waals surface area contributed by atoms with Gasteiger partial charge in [-0.2, -0.15) is 0 Å². The van der Waals surface area contributed by atoms with Crippen molar-refractivity contribution in [2.45, 2.75) is 0 Å². The highest BCUT2D eigenvalue weighted by molar-refractivity contribution is 6.32. The van der Waals surface area contributed by atoms with Crippen LogP contribution in [-0.2, 0) is 0 Å². The van der Waals surface area contributed by atoms with Gasteiger partial charge in [-0.05, 0) is 12.1 Å². The summed E-state index contributed by atoms with van der Waals surface area (Å²) >= 11 is 11.0. The Morgan fingerprint density at radius 1 is 1.60 bits per heavy atom. The number of hydrogen-bond donors (Lipinski definition) is 1. The number of aliphatic imine (C=N–C) groups is 1.